The first-order valence-electron chi connectivity index (χ1n) is 5.98. The van der Waals surface area contributed by atoms with Crippen LogP contribution in [0.15, 0.2) is 42.0 Å². The third-order valence-corrected chi connectivity index (χ3v) is 3.78. The van der Waals surface area contributed by atoms with Crippen LogP contribution in [0.3, 0.4) is 0 Å². The Labute approximate surface area is 118 Å². The lowest BCUT2D eigenvalue weighted by molar-refractivity contribution is 0.101. The van der Waals surface area contributed by atoms with Gasteiger partial charge in [-0.05, 0) is 31.2 Å². The van der Waals surface area contributed by atoms with E-state index in [9.17, 15) is 9.59 Å². The van der Waals surface area contributed by atoms with Gasteiger partial charge in [-0.2, -0.15) is 0 Å². The number of amides is 1. The fraction of sp³-hybridized carbons (Fsp3) is 0.0714. The van der Waals surface area contributed by atoms with Crippen molar-refractivity contribution in [2.24, 2.45) is 0 Å². The SMILES string of the molecule is CC(=O)c1ccc(NC(=O)c2csc3nccn23)cc1. The van der Waals surface area contributed by atoms with E-state index in [1.807, 2.05) is 0 Å². The molecule has 0 aliphatic carbocycles. The molecule has 2 heterocycles. The largest absolute Gasteiger partial charge is 0.321 e. The monoisotopic (exact) mass is 285 g/mol. The molecule has 0 aliphatic rings. The van der Waals surface area contributed by atoms with Gasteiger partial charge in [0.05, 0.1) is 0 Å². The summed E-state index contributed by atoms with van der Waals surface area (Å²) in [5.74, 6) is -0.203. The van der Waals surface area contributed by atoms with E-state index in [2.05, 4.69) is 10.3 Å². The lowest BCUT2D eigenvalue weighted by Gasteiger charge is -2.05. The number of hydrogen-bond donors (Lipinski definition) is 1. The van der Waals surface area contributed by atoms with E-state index in [1.54, 1.807) is 46.4 Å². The van der Waals surface area contributed by atoms with Crippen LogP contribution in [0.25, 0.3) is 4.96 Å². The van der Waals surface area contributed by atoms with Gasteiger partial charge in [0.2, 0.25) is 0 Å². The minimum absolute atomic E-state index is 0.000773. The smallest absolute Gasteiger partial charge is 0.273 e. The molecule has 0 saturated carbocycles. The first-order valence-corrected chi connectivity index (χ1v) is 6.86. The maximum Gasteiger partial charge on any atom is 0.273 e. The first kappa shape index (κ1) is 12.6. The Kier molecular flexibility index (Phi) is 3.08. The Morgan fingerprint density at radius 1 is 1.25 bits per heavy atom. The summed E-state index contributed by atoms with van der Waals surface area (Å²) in [7, 11) is 0. The Balaban J connectivity index is 1.82. The Morgan fingerprint density at radius 3 is 2.70 bits per heavy atom. The molecule has 0 unspecified atom stereocenters. The van der Waals surface area contributed by atoms with E-state index in [4.69, 9.17) is 0 Å². The van der Waals surface area contributed by atoms with Gasteiger partial charge in [0.15, 0.2) is 10.7 Å². The van der Waals surface area contributed by atoms with Crippen molar-refractivity contribution in [1.29, 1.82) is 0 Å². The highest BCUT2D eigenvalue weighted by Gasteiger charge is 2.12. The van der Waals surface area contributed by atoms with Gasteiger partial charge in [0.1, 0.15) is 5.69 Å². The van der Waals surface area contributed by atoms with Crippen molar-refractivity contribution in [3.63, 3.8) is 0 Å². The number of nitrogens with one attached hydrogen (secondary N) is 1. The fourth-order valence-corrected chi connectivity index (χ4v) is 2.70. The molecule has 1 N–H and O–H groups in total. The maximum absolute atomic E-state index is 12.2. The minimum atomic E-state index is -0.204. The van der Waals surface area contributed by atoms with E-state index < -0.39 is 0 Å². The number of aromatic nitrogens is 2. The van der Waals surface area contributed by atoms with Gasteiger partial charge in [-0.15, -0.1) is 11.3 Å². The summed E-state index contributed by atoms with van der Waals surface area (Å²) in [5.41, 5.74) is 1.81. The molecule has 0 bridgehead atoms. The number of hydrogen-bond acceptors (Lipinski definition) is 4. The van der Waals surface area contributed by atoms with E-state index >= 15 is 0 Å². The van der Waals surface area contributed by atoms with Crippen LogP contribution in [-0.4, -0.2) is 21.1 Å². The second kappa shape index (κ2) is 4.90. The van der Waals surface area contributed by atoms with Gasteiger partial charge in [0.25, 0.3) is 5.91 Å². The van der Waals surface area contributed by atoms with Crippen LogP contribution in [-0.2, 0) is 0 Å². The van der Waals surface area contributed by atoms with E-state index in [-0.39, 0.29) is 11.7 Å². The molecule has 3 rings (SSSR count). The number of rotatable bonds is 3. The second-order valence-corrected chi connectivity index (χ2v) is 5.12. The molecule has 1 aromatic carbocycles. The molecule has 0 radical (unpaired) electrons. The van der Waals surface area contributed by atoms with Crippen LogP contribution in [0.4, 0.5) is 5.69 Å². The number of anilines is 1. The normalized spacial score (nSPS) is 10.7. The lowest BCUT2D eigenvalue weighted by atomic mass is 10.1. The van der Waals surface area contributed by atoms with Gasteiger partial charge in [-0.1, -0.05) is 0 Å². The van der Waals surface area contributed by atoms with Crippen LogP contribution >= 0.6 is 11.3 Å². The summed E-state index contributed by atoms with van der Waals surface area (Å²) in [5, 5.41) is 4.57. The molecule has 0 fully saturated rings. The van der Waals surface area contributed by atoms with Gasteiger partial charge in [-0.25, -0.2) is 4.98 Å². The highest BCUT2D eigenvalue weighted by Crippen LogP contribution is 2.17. The summed E-state index contributed by atoms with van der Waals surface area (Å²) < 4.78 is 1.74. The molecule has 0 saturated heterocycles. The highest BCUT2D eigenvalue weighted by atomic mass is 32.1. The molecule has 0 spiro atoms. The van der Waals surface area contributed by atoms with Crippen molar-refractivity contribution < 1.29 is 9.59 Å². The summed E-state index contributed by atoms with van der Waals surface area (Å²) >= 11 is 1.41. The van der Waals surface area contributed by atoms with E-state index in [0.717, 1.165) is 4.96 Å². The molecule has 1 amide bonds. The molecule has 5 nitrogen and oxygen atoms in total. The van der Waals surface area contributed by atoms with Crippen LogP contribution in [0, 0.1) is 0 Å². The summed E-state index contributed by atoms with van der Waals surface area (Å²) in [6.07, 6.45) is 3.41. The average Bonchev–Trinajstić information content (AvgIpc) is 3.01. The molecule has 0 aliphatic heterocycles. The van der Waals surface area contributed by atoms with Crippen molar-refractivity contribution in [2.45, 2.75) is 6.92 Å². The topological polar surface area (TPSA) is 63.5 Å². The zero-order valence-corrected chi connectivity index (χ0v) is 11.5. The van der Waals surface area contributed by atoms with E-state index in [0.29, 0.717) is 16.9 Å². The van der Waals surface area contributed by atoms with Crippen molar-refractivity contribution in [1.82, 2.24) is 9.38 Å². The maximum atomic E-state index is 12.2. The second-order valence-electron chi connectivity index (χ2n) is 4.29. The quantitative estimate of drug-likeness (QED) is 0.753. The molecule has 3 aromatic rings. The van der Waals surface area contributed by atoms with Gasteiger partial charge in [-0.3, -0.25) is 14.0 Å². The van der Waals surface area contributed by atoms with Crippen LogP contribution in [0.2, 0.25) is 0 Å². The zero-order valence-electron chi connectivity index (χ0n) is 10.7. The third-order valence-electron chi connectivity index (χ3n) is 2.92. The van der Waals surface area contributed by atoms with Crippen molar-refractivity contribution in [2.75, 3.05) is 5.32 Å². The molecular weight excluding hydrogens is 274 g/mol. The van der Waals surface area contributed by atoms with Gasteiger partial charge < -0.3 is 5.32 Å². The number of nitrogens with zero attached hydrogens (tertiary/aromatic N) is 2. The number of thiazole rings is 1. The molecule has 20 heavy (non-hydrogen) atoms. The Morgan fingerprint density at radius 2 is 2.00 bits per heavy atom. The first-order chi connectivity index (χ1) is 9.65. The number of imidazole rings is 1. The average molecular weight is 285 g/mol. The number of ketones is 1. The number of carbonyl (C=O) groups is 2. The fourth-order valence-electron chi connectivity index (χ4n) is 1.87. The Bertz CT molecular complexity index is 786. The number of Topliss-reactive ketones (excluding diaryl/α,β-unsaturated/α-hetero) is 1. The molecular formula is C14H11N3O2S. The lowest BCUT2D eigenvalue weighted by Crippen LogP contribution is -2.13. The number of carbonyl (C=O) groups excluding carboxylic acids is 2. The zero-order chi connectivity index (χ0) is 14.1. The predicted octanol–water partition coefficient (Wildman–Crippen LogP) is 2.85. The van der Waals surface area contributed by atoms with Crippen molar-refractivity contribution in [3.8, 4) is 0 Å². The van der Waals surface area contributed by atoms with Gasteiger partial charge >= 0.3 is 0 Å². The number of benzene rings is 1. The molecule has 6 heteroatoms. The van der Waals surface area contributed by atoms with Crippen LogP contribution < -0.4 is 5.32 Å². The standard InChI is InChI=1S/C14H11N3O2S/c1-9(18)10-2-4-11(5-3-10)16-13(19)12-8-20-14-15-6-7-17(12)14/h2-8H,1H3,(H,16,19). The summed E-state index contributed by atoms with van der Waals surface area (Å²) in [6, 6.07) is 6.81. The van der Waals surface area contributed by atoms with Gasteiger partial charge in [0, 0.05) is 29.0 Å². The summed E-state index contributed by atoms with van der Waals surface area (Å²) in [6.45, 7) is 1.51. The van der Waals surface area contributed by atoms with Crippen LogP contribution in [0.1, 0.15) is 27.8 Å². The molecule has 100 valence electrons. The highest BCUT2D eigenvalue weighted by molar-refractivity contribution is 7.15. The third kappa shape index (κ3) is 2.21. The summed E-state index contributed by atoms with van der Waals surface area (Å²) in [4.78, 5) is 28.3. The van der Waals surface area contributed by atoms with Crippen LogP contribution in [0.5, 0.6) is 0 Å². The van der Waals surface area contributed by atoms with E-state index in [1.165, 1.54) is 18.3 Å². The predicted molar refractivity (Wildman–Crippen MR) is 77.5 cm³/mol. The minimum Gasteiger partial charge on any atom is -0.321 e. The Hall–Kier alpha value is -2.47. The number of fused-ring (bicyclic) bond motifs is 1. The molecule has 0 atom stereocenters. The van der Waals surface area contributed by atoms with Crippen molar-refractivity contribution in [3.05, 3.63) is 53.3 Å². The van der Waals surface area contributed by atoms with Crippen molar-refractivity contribution >= 4 is 33.7 Å². The molecule has 2 aromatic heterocycles.